The molecular weight excluding hydrogens is 466 g/mol. The fraction of sp³-hybridized carbons (Fsp3) is 0.462. The van der Waals surface area contributed by atoms with Gasteiger partial charge in [0.1, 0.15) is 11.8 Å². The highest BCUT2D eigenvalue weighted by atomic mass is 32.2. The average molecular weight is 504 g/mol. The Bertz CT molecular complexity index is 1060. The van der Waals surface area contributed by atoms with E-state index in [1.165, 1.54) is 11.9 Å². The maximum Gasteiger partial charge on any atom is 0.243 e. The van der Waals surface area contributed by atoms with Crippen LogP contribution in [0.5, 0.6) is 5.75 Å². The van der Waals surface area contributed by atoms with Crippen LogP contribution in [0.25, 0.3) is 0 Å². The van der Waals surface area contributed by atoms with Gasteiger partial charge < -0.3 is 15.0 Å². The number of methoxy groups -OCH3 is 1. The zero-order valence-corrected chi connectivity index (χ0v) is 22.0. The standard InChI is InChI=1S/C26H37N3O5S/c1-20(2)15-16-27-26(31)24(17-21-9-7-6-8-10-21)29(25(30)19-28(3)35(5,32)33)18-22-11-13-23(34-4)14-12-22/h6-14,20,24H,15-19H2,1-5H3,(H,27,31)/t24-/m0/s1. The number of nitrogens with zero attached hydrogens (tertiary/aromatic N) is 2. The van der Waals surface area contributed by atoms with Gasteiger partial charge in [-0.05, 0) is 35.6 Å². The van der Waals surface area contributed by atoms with Crippen molar-refractivity contribution in [1.82, 2.24) is 14.5 Å². The number of ether oxygens (including phenoxy) is 1. The van der Waals surface area contributed by atoms with E-state index < -0.39 is 22.0 Å². The van der Waals surface area contributed by atoms with Crippen molar-refractivity contribution in [2.45, 2.75) is 39.3 Å². The van der Waals surface area contributed by atoms with Crippen LogP contribution in [0, 0.1) is 5.92 Å². The number of amides is 2. The SMILES string of the molecule is COc1ccc(CN(C(=O)CN(C)S(C)(=O)=O)[C@@H](Cc2ccccc2)C(=O)NCCC(C)C)cc1. The highest BCUT2D eigenvalue weighted by Gasteiger charge is 2.31. The van der Waals surface area contributed by atoms with Crippen LogP contribution in [0.4, 0.5) is 0 Å². The van der Waals surface area contributed by atoms with Crippen LogP contribution in [0.1, 0.15) is 31.4 Å². The molecule has 35 heavy (non-hydrogen) atoms. The molecule has 0 aromatic heterocycles. The maximum absolute atomic E-state index is 13.5. The Morgan fingerprint density at radius 1 is 1.00 bits per heavy atom. The minimum absolute atomic E-state index is 0.148. The van der Waals surface area contributed by atoms with Crippen molar-refractivity contribution in [1.29, 1.82) is 0 Å². The van der Waals surface area contributed by atoms with E-state index in [2.05, 4.69) is 19.2 Å². The minimum atomic E-state index is -3.57. The topological polar surface area (TPSA) is 96.0 Å². The van der Waals surface area contributed by atoms with Gasteiger partial charge in [-0.25, -0.2) is 8.42 Å². The molecule has 2 rings (SSSR count). The first-order chi connectivity index (χ1) is 16.5. The van der Waals surface area contributed by atoms with Crippen LogP contribution in [0.3, 0.4) is 0 Å². The summed E-state index contributed by atoms with van der Waals surface area (Å²) < 4.78 is 30.2. The van der Waals surface area contributed by atoms with Gasteiger partial charge >= 0.3 is 0 Å². The number of hydrogen-bond acceptors (Lipinski definition) is 5. The Kier molecular flexibility index (Phi) is 10.7. The Morgan fingerprint density at radius 3 is 2.17 bits per heavy atom. The van der Waals surface area contributed by atoms with Crippen LogP contribution in [0.15, 0.2) is 54.6 Å². The van der Waals surface area contributed by atoms with Crippen LogP contribution >= 0.6 is 0 Å². The van der Waals surface area contributed by atoms with Crippen LogP contribution < -0.4 is 10.1 Å². The Labute approximate surface area is 209 Å². The van der Waals surface area contributed by atoms with E-state index in [-0.39, 0.29) is 19.0 Å². The molecule has 0 aliphatic heterocycles. The van der Waals surface area contributed by atoms with E-state index in [0.29, 0.717) is 24.6 Å². The van der Waals surface area contributed by atoms with Crippen molar-refractivity contribution >= 4 is 21.8 Å². The summed E-state index contributed by atoms with van der Waals surface area (Å²) in [6.45, 7) is 4.44. The van der Waals surface area contributed by atoms with Crippen LogP contribution in [0.2, 0.25) is 0 Å². The summed E-state index contributed by atoms with van der Waals surface area (Å²) in [5.74, 6) is 0.381. The Balaban J connectivity index is 2.41. The van der Waals surface area contributed by atoms with Gasteiger partial charge in [0, 0.05) is 26.6 Å². The second-order valence-electron chi connectivity index (χ2n) is 9.07. The fourth-order valence-electron chi connectivity index (χ4n) is 3.48. The number of sulfonamides is 1. The van der Waals surface area contributed by atoms with E-state index >= 15 is 0 Å². The highest BCUT2D eigenvalue weighted by molar-refractivity contribution is 7.88. The normalized spacial score (nSPS) is 12.4. The number of likely N-dealkylation sites (N-methyl/N-ethyl adjacent to an activating group) is 1. The molecule has 0 saturated heterocycles. The van der Waals surface area contributed by atoms with E-state index in [9.17, 15) is 18.0 Å². The van der Waals surface area contributed by atoms with Gasteiger partial charge in [-0.1, -0.05) is 56.3 Å². The lowest BCUT2D eigenvalue weighted by Gasteiger charge is -2.32. The van der Waals surface area contributed by atoms with Crippen molar-refractivity contribution in [3.05, 3.63) is 65.7 Å². The highest BCUT2D eigenvalue weighted by Crippen LogP contribution is 2.18. The second-order valence-corrected chi connectivity index (χ2v) is 11.2. The van der Waals surface area contributed by atoms with E-state index in [1.807, 2.05) is 42.5 Å². The third-order valence-corrected chi connectivity index (χ3v) is 6.99. The van der Waals surface area contributed by atoms with Crippen molar-refractivity contribution in [2.75, 3.05) is 33.5 Å². The third kappa shape index (κ3) is 9.33. The summed E-state index contributed by atoms with van der Waals surface area (Å²) >= 11 is 0. The van der Waals surface area contributed by atoms with E-state index in [4.69, 9.17) is 4.74 Å². The first-order valence-corrected chi connectivity index (χ1v) is 13.5. The van der Waals surface area contributed by atoms with Gasteiger partial charge in [0.15, 0.2) is 0 Å². The number of carbonyl (C=O) groups is 2. The zero-order valence-electron chi connectivity index (χ0n) is 21.2. The Morgan fingerprint density at radius 2 is 1.63 bits per heavy atom. The van der Waals surface area contributed by atoms with Crippen molar-refractivity contribution in [3.8, 4) is 5.75 Å². The molecule has 2 amide bonds. The predicted molar refractivity (Wildman–Crippen MR) is 137 cm³/mol. The number of rotatable bonds is 13. The molecule has 2 aromatic rings. The summed E-state index contributed by atoms with van der Waals surface area (Å²) in [6, 6.07) is 15.9. The summed E-state index contributed by atoms with van der Waals surface area (Å²) in [4.78, 5) is 28.3. The molecule has 2 aromatic carbocycles. The molecule has 0 unspecified atom stereocenters. The molecule has 0 saturated carbocycles. The molecule has 0 spiro atoms. The Hall–Kier alpha value is -2.91. The lowest BCUT2D eigenvalue weighted by Crippen LogP contribution is -2.53. The molecule has 0 bridgehead atoms. The van der Waals surface area contributed by atoms with E-state index in [1.54, 1.807) is 19.2 Å². The molecular formula is C26H37N3O5S. The van der Waals surface area contributed by atoms with Crippen molar-refractivity contribution in [3.63, 3.8) is 0 Å². The number of nitrogens with one attached hydrogen (secondary N) is 1. The zero-order chi connectivity index (χ0) is 26.0. The number of hydrogen-bond donors (Lipinski definition) is 1. The van der Waals surface area contributed by atoms with Crippen LogP contribution in [-0.2, 0) is 32.6 Å². The molecule has 192 valence electrons. The van der Waals surface area contributed by atoms with Gasteiger partial charge in [0.05, 0.1) is 19.9 Å². The number of benzene rings is 2. The lowest BCUT2D eigenvalue weighted by atomic mass is 10.0. The number of carbonyl (C=O) groups excluding carboxylic acids is 2. The monoisotopic (exact) mass is 503 g/mol. The summed E-state index contributed by atoms with van der Waals surface area (Å²) in [6.07, 6.45) is 2.17. The molecule has 9 heteroatoms. The molecule has 0 radical (unpaired) electrons. The maximum atomic E-state index is 13.5. The fourth-order valence-corrected chi connectivity index (χ4v) is 3.83. The molecule has 0 aliphatic carbocycles. The van der Waals surface area contributed by atoms with E-state index in [0.717, 1.165) is 28.1 Å². The first kappa shape index (κ1) is 28.3. The molecule has 0 heterocycles. The quantitative estimate of drug-likeness (QED) is 0.453. The molecule has 0 aliphatic rings. The molecule has 0 fully saturated rings. The van der Waals surface area contributed by atoms with Gasteiger partial charge in [0.2, 0.25) is 21.8 Å². The summed E-state index contributed by atoms with van der Waals surface area (Å²) in [7, 11) is -0.646. The van der Waals surface area contributed by atoms with Crippen molar-refractivity contribution < 1.29 is 22.7 Å². The largest absolute Gasteiger partial charge is 0.497 e. The average Bonchev–Trinajstić information content (AvgIpc) is 2.81. The smallest absolute Gasteiger partial charge is 0.243 e. The third-order valence-electron chi connectivity index (χ3n) is 5.73. The van der Waals surface area contributed by atoms with Gasteiger partial charge in [-0.3, -0.25) is 9.59 Å². The lowest BCUT2D eigenvalue weighted by molar-refractivity contribution is -0.141. The molecule has 8 nitrogen and oxygen atoms in total. The summed E-state index contributed by atoms with van der Waals surface area (Å²) in [5.41, 5.74) is 1.70. The molecule has 1 N–H and O–H groups in total. The van der Waals surface area contributed by atoms with Gasteiger partial charge in [0.25, 0.3) is 0 Å². The minimum Gasteiger partial charge on any atom is -0.497 e. The van der Waals surface area contributed by atoms with Gasteiger partial charge in [-0.2, -0.15) is 4.31 Å². The summed E-state index contributed by atoms with van der Waals surface area (Å²) in [5, 5.41) is 2.97. The first-order valence-electron chi connectivity index (χ1n) is 11.7. The molecule has 1 atom stereocenters. The predicted octanol–water partition coefficient (Wildman–Crippen LogP) is 2.69. The second kappa shape index (κ2) is 13.3. The van der Waals surface area contributed by atoms with Gasteiger partial charge in [-0.15, -0.1) is 0 Å². The van der Waals surface area contributed by atoms with Crippen molar-refractivity contribution in [2.24, 2.45) is 5.92 Å². The van der Waals surface area contributed by atoms with Crippen LogP contribution in [-0.4, -0.2) is 69.0 Å².